The number of phosphoric ester groups is 2. The Morgan fingerprint density at radius 3 is 0.845 bits per heavy atom. The predicted octanol–water partition coefficient (Wildman–Crippen LogP) is 17.8. The second-order valence-electron chi connectivity index (χ2n) is 24.9. The van der Waals surface area contributed by atoms with Gasteiger partial charge in [-0.2, -0.15) is 0 Å². The first-order chi connectivity index (χ1) is 40.2. The first-order valence-corrected chi connectivity index (χ1v) is 36.8. The molecule has 0 fully saturated rings. The molecule has 0 aliphatic rings. The third-order valence-electron chi connectivity index (χ3n) is 15.5. The lowest BCUT2D eigenvalue weighted by Crippen LogP contribution is -2.30. The van der Waals surface area contributed by atoms with Crippen molar-refractivity contribution < 1.29 is 80.2 Å². The minimum absolute atomic E-state index is 0.101. The van der Waals surface area contributed by atoms with Crippen molar-refractivity contribution >= 4 is 39.5 Å². The van der Waals surface area contributed by atoms with Gasteiger partial charge in [0, 0.05) is 25.7 Å². The van der Waals surface area contributed by atoms with E-state index in [9.17, 15) is 43.2 Å². The van der Waals surface area contributed by atoms with Crippen LogP contribution in [0, 0.1) is 23.7 Å². The number of carbonyl (C=O) groups is 4. The quantitative estimate of drug-likeness (QED) is 0.0222. The number of unbranched alkanes of at least 4 members (excludes halogenated alkanes) is 26. The maximum atomic E-state index is 13.0. The summed E-state index contributed by atoms with van der Waals surface area (Å²) in [5.41, 5.74) is 0. The van der Waals surface area contributed by atoms with Gasteiger partial charge in [0.15, 0.2) is 12.2 Å². The Labute approximate surface area is 511 Å². The van der Waals surface area contributed by atoms with Gasteiger partial charge >= 0.3 is 39.5 Å². The average Bonchev–Trinajstić information content (AvgIpc) is 3.54. The van der Waals surface area contributed by atoms with E-state index >= 15 is 0 Å². The van der Waals surface area contributed by atoms with Crippen LogP contribution in [0.5, 0.6) is 0 Å². The fraction of sp³-hybridized carbons (Fsp3) is 0.938. The summed E-state index contributed by atoms with van der Waals surface area (Å²) in [5, 5.41) is 10.5. The number of ether oxygens (including phenoxy) is 4. The van der Waals surface area contributed by atoms with E-state index in [0.29, 0.717) is 25.7 Å². The normalized spacial score (nSPS) is 15.1. The van der Waals surface area contributed by atoms with Gasteiger partial charge in [-0.25, -0.2) is 9.13 Å². The summed E-state index contributed by atoms with van der Waals surface area (Å²) in [6.07, 6.45) is 34.9. The molecule has 0 saturated carbocycles. The van der Waals surface area contributed by atoms with Crippen molar-refractivity contribution in [3.05, 3.63) is 0 Å². The van der Waals surface area contributed by atoms with E-state index in [4.69, 9.17) is 37.0 Å². The Balaban J connectivity index is 5.27. The van der Waals surface area contributed by atoms with Gasteiger partial charge in [0.2, 0.25) is 0 Å². The van der Waals surface area contributed by atoms with Gasteiger partial charge < -0.3 is 33.8 Å². The molecule has 0 amide bonds. The van der Waals surface area contributed by atoms with Crippen molar-refractivity contribution in [2.24, 2.45) is 23.7 Å². The van der Waals surface area contributed by atoms with Crippen LogP contribution in [0.4, 0.5) is 0 Å². The van der Waals surface area contributed by atoms with Gasteiger partial charge in [-0.05, 0) is 49.4 Å². The van der Waals surface area contributed by atoms with Gasteiger partial charge in [-0.15, -0.1) is 0 Å². The Morgan fingerprint density at radius 1 is 0.333 bits per heavy atom. The van der Waals surface area contributed by atoms with Crippen molar-refractivity contribution in [2.75, 3.05) is 39.6 Å². The number of esters is 4. The topological polar surface area (TPSA) is 237 Å². The first-order valence-electron chi connectivity index (χ1n) is 33.8. The minimum atomic E-state index is -4.95. The number of rotatable bonds is 62. The lowest BCUT2D eigenvalue weighted by molar-refractivity contribution is -0.161. The zero-order valence-electron chi connectivity index (χ0n) is 54.5. The molecule has 0 spiro atoms. The Bertz CT molecular complexity index is 1680. The maximum absolute atomic E-state index is 13.0. The van der Waals surface area contributed by atoms with Crippen LogP contribution in [-0.4, -0.2) is 96.7 Å². The highest BCUT2D eigenvalue weighted by Gasteiger charge is 2.30. The summed E-state index contributed by atoms with van der Waals surface area (Å²) in [5.74, 6) is 0.789. The largest absolute Gasteiger partial charge is 0.472 e. The molecule has 0 saturated heterocycles. The lowest BCUT2D eigenvalue weighted by atomic mass is 10.00. The molecule has 0 aromatic rings. The predicted molar refractivity (Wildman–Crippen MR) is 335 cm³/mol. The zero-order chi connectivity index (χ0) is 62.5. The molecule has 0 aromatic heterocycles. The van der Waals surface area contributed by atoms with Crippen LogP contribution < -0.4 is 0 Å². The molecular formula is C65H126O17P2. The lowest BCUT2D eigenvalue weighted by Gasteiger charge is -2.21. The van der Waals surface area contributed by atoms with Crippen LogP contribution in [0.1, 0.15) is 312 Å². The zero-order valence-corrected chi connectivity index (χ0v) is 56.3. The van der Waals surface area contributed by atoms with Crippen LogP contribution in [0.3, 0.4) is 0 Å². The molecule has 0 aromatic carbocycles. The molecule has 0 bridgehead atoms. The van der Waals surface area contributed by atoms with Crippen LogP contribution in [0.2, 0.25) is 0 Å². The molecule has 4 unspecified atom stereocenters. The van der Waals surface area contributed by atoms with Crippen molar-refractivity contribution in [3.63, 3.8) is 0 Å². The minimum Gasteiger partial charge on any atom is -0.462 e. The highest BCUT2D eigenvalue weighted by Crippen LogP contribution is 2.45. The number of hydrogen-bond acceptors (Lipinski definition) is 15. The summed E-state index contributed by atoms with van der Waals surface area (Å²) < 4.78 is 68.0. The third kappa shape index (κ3) is 56.6. The number of phosphoric acid groups is 2. The van der Waals surface area contributed by atoms with Gasteiger partial charge in [-0.3, -0.25) is 37.3 Å². The second kappa shape index (κ2) is 55.2. The van der Waals surface area contributed by atoms with Gasteiger partial charge in [-0.1, -0.05) is 261 Å². The molecule has 84 heavy (non-hydrogen) atoms. The van der Waals surface area contributed by atoms with Crippen LogP contribution >= 0.6 is 15.6 Å². The van der Waals surface area contributed by atoms with Crippen molar-refractivity contribution in [1.82, 2.24) is 0 Å². The van der Waals surface area contributed by atoms with E-state index in [1.54, 1.807) is 0 Å². The second-order valence-corrected chi connectivity index (χ2v) is 27.8. The summed E-state index contributed by atoms with van der Waals surface area (Å²) in [6, 6.07) is 0. The molecule has 0 aliphatic heterocycles. The van der Waals surface area contributed by atoms with E-state index in [0.717, 1.165) is 120 Å². The average molecular weight is 1240 g/mol. The summed E-state index contributed by atoms with van der Waals surface area (Å²) in [6.45, 7) is 14.0. The molecule has 0 radical (unpaired) electrons. The standard InChI is InChI=1S/C65H126O17P2/c1-9-57(7)43-35-27-21-23-30-38-46-63(68)76-52-61(82-65(70)48-40-32-24-22-28-36-44-58(8)10-2)54-80-84(73,74)78-50-59(66)49-77-83(71,72)79-53-60(51-75-62(67)45-37-29-19-16-15-18-26-34-42-56(5)6)81-64(69)47-39-31-20-14-12-11-13-17-25-33-41-55(3)4/h55-61,66H,9-54H2,1-8H3,(H,71,72)(H,73,74)/t57?,58?,59-,60-,61-/m1/s1. The van der Waals surface area contributed by atoms with E-state index in [2.05, 4.69) is 55.4 Å². The van der Waals surface area contributed by atoms with E-state index < -0.39 is 97.5 Å². The molecule has 3 N–H and O–H groups in total. The Hall–Kier alpha value is -1.94. The Morgan fingerprint density at radius 2 is 0.571 bits per heavy atom. The van der Waals surface area contributed by atoms with Crippen LogP contribution in [0.25, 0.3) is 0 Å². The molecule has 0 aliphatic carbocycles. The first kappa shape index (κ1) is 82.1. The highest BCUT2D eigenvalue weighted by atomic mass is 31.2. The van der Waals surface area contributed by atoms with Crippen molar-refractivity contribution in [2.45, 2.75) is 331 Å². The Kier molecular flexibility index (Phi) is 53.9. The highest BCUT2D eigenvalue weighted by molar-refractivity contribution is 7.47. The smallest absolute Gasteiger partial charge is 0.462 e. The molecule has 17 nitrogen and oxygen atoms in total. The van der Waals surface area contributed by atoms with E-state index in [-0.39, 0.29) is 25.7 Å². The summed E-state index contributed by atoms with van der Waals surface area (Å²) in [7, 11) is -9.89. The van der Waals surface area contributed by atoms with Crippen molar-refractivity contribution in [3.8, 4) is 0 Å². The third-order valence-corrected chi connectivity index (χ3v) is 17.4. The number of hydrogen-bond donors (Lipinski definition) is 3. The summed E-state index contributed by atoms with van der Waals surface area (Å²) in [4.78, 5) is 72.3. The number of aliphatic hydroxyl groups excluding tert-OH is 1. The van der Waals surface area contributed by atoms with Crippen molar-refractivity contribution in [1.29, 1.82) is 0 Å². The fourth-order valence-corrected chi connectivity index (χ4v) is 11.1. The summed E-state index contributed by atoms with van der Waals surface area (Å²) >= 11 is 0. The molecule has 0 heterocycles. The molecule has 498 valence electrons. The molecule has 0 rings (SSSR count). The van der Waals surface area contributed by atoms with Gasteiger partial charge in [0.1, 0.15) is 19.3 Å². The molecule has 7 atom stereocenters. The number of carbonyl (C=O) groups excluding carboxylic acids is 4. The fourth-order valence-electron chi connectivity index (χ4n) is 9.54. The number of aliphatic hydroxyl groups is 1. The SMILES string of the molecule is CCC(C)CCCCCCCCC(=O)OC[C@H](COP(=O)(O)OC[C@H](O)COP(=O)(O)OC[C@@H](COC(=O)CCCCCCCCCCC(C)C)OC(=O)CCCCCCCCCCCCC(C)C)OC(=O)CCCCCCCCC(C)CC. The molecular weight excluding hydrogens is 1110 g/mol. The monoisotopic (exact) mass is 1240 g/mol. The van der Waals surface area contributed by atoms with Gasteiger partial charge in [0.05, 0.1) is 26.4 Å². The van der Waals surface area contributed by atoms with E-state index in [1.165, 1.54) is 109 Å². The van der Waals surface area contributed by atoms with Crippen LogP contribution in [-0.2, 0) is 65.4 Å². The van der Waals surface area contributed by atoms with E-state index in [1.807, 2.05) is 0 Å². The molecule has 19 heteroatoms. The van der Waals surface area contributed by atoms with Crippen LogP contribution in [0.15, 0.2) is 0 Å². The van der Waals surface area contributed by atoms with Gasteiger partial charge in [0.25, 0.3) is 0 Å². The maximum Gasteiger partial charge on any atom is 0.472 e.